The molecule has 0 fully saturated rings. The normalized spacial score (nSPS) is 15.1. The lowest BCUT2D eigenvalue weighted by Crippen LogP contribution is -2.28. The van der Waals surface area contributed by atoms with Crippen molar-refractivity contribution in [3.8, 4) is 0 Å². The fraction of sp³-hybridized carbons (Fsp3) is 0.692. The Morgan fingerprint density at radius 3 is 1.15 bits per heavy atom. The second-order valence-corrected chi connectivity index (χ2v) is 18.6. The largest absolute Gasteiger partial charge is 0.0581 e. The monoisotopic (exact) mass is 533 g/mol. The highest BCUT2D eigenvalue weighted by atomic mass is 14.4. The highest BCUT2D eigenvalue weighted by Gasteiger charge is 2.34. The van der Waals surface area contributed by atoms with Crippen LogP contribution in [0.3, 0.4) is 0 Å². The lowest BCUT2D eigenvalue weighted by atomic mass is 9.66. The van der Waals surface area contributed by atoms with Crippen molar-refractivity contribution >= 4 is 0 Å². The van der Waals surface area contributed by atoms with Crippen LogP contribution >= 0.6 is 0 Å². The molecule has 0 nitrogen and oxygen atoms in total. The first-order valence-corrected chi connectivity index (χ1v) is 15.4. The molecule has 220 valence electrons. The predicted octanol–water partition coefficient (Wildman–Crippen LogP) is 11.8. The Morgan fingerprint density at radius 2 is 0.795 bits per heavy atom. The summed E-state index contributed by atoms with van der Waals surface area (Å²) >= 11 is 0. The van der Waals surface area contributed by atoms with E-state index < -0.39 is 0 Å². The zero-order valence-corrected chi connectivity index (χ0v) is 29.6. The highest BCUT2D eigenvalue weighted by Crippen LogP contribution is 2.45. The van der Waals surface area contributed by atoms with Gasteiger partial charge in [-0.3, -0.25) is 0 Å². The molecule has 1 atom stereocenters. The molecule has 0 heteroatoms. The van der Waals surface area contributed by atoms with Gasteiger partial charge in [0.2, 0.25) is 0 Å². The van der Waals surface area contributed by atoms with E-state index in [0.717, 1.165) is 6.42 Å². The molecule has 2 aromatic carbocycles. The van der Waals surface area contributed by atoms with Crippen LogP contribution in [0.1, 0.15) is 182 Å². The molecule has 0 heterocycles. The van der Waals surface area contributed by atoms with Gasteiger partial charge in [0, 0.05) is 0 Å². The Labute approximate surface area is 244 Å². The highest BCUT2D eigenvalue weighted by molar-refractivity contribution is 5.53. The first kappa shape index (κ1) is 33.6. The number of benzene rings is 2. The zero-order valence-electron chi connectivity index (χ0n) is 29.6. The molecule has 0 saturated heterocycles. The average Bonchev–Trinajstić information content (AvgIpc) is 2.68. The summed E-state index contributed by atoms with van der Waals surface area (Å²) in [5.41, 5.74) is 12.7. The molecule has 0 amide bonds. The quantitative estimate of drug-likeness (QED) is 0.369. The van der Waals surface area contributed by atoms with Gasteiger partial charge in [0.1, 0.15) is 0 Å². The Bertz CT molecular complexity index is 1160. The van der Waals surface area contributed by atoms with E-state index in [1.165, 1.54) is 33.4 Å². The summed E-state index contributed by atoms with van der Waals surface area (Å²) in [6.07, 6.45) is 1.06. The van der Waals surface area contributed by atoms with Crippen LogP contribution in [0, 0.1) is 0 Å². The van der Waals surface area contributed by atoms with Crippen molar-refractivity contribution in [2.45, 2.75) is 176 Å². The third-order valence-corrected chi connectivity index (χ3v) is 8.33. The SMILES string of the molecule is CC(Cc1c(C(C)(C)C)ccc(C(C)(C)C)c1C(C)(C)C)c1cc(C(C)(C)C)c(C(C)(C)C)cc1C(C)(C)C. The molecule has 1 unspecified atom stereocenters. The van der Waals surface area contributed by atoms with E-state index in [9.17, 15) is 0 Å². The molecule has 0 saturated carbocycles. The van der Waals surface area contributed by atoms with E-state index in [1.54, 1.807) is 11.1 Å². The standard InChI is InChI=1S/C39H64/c1-25(26-23-31(37(11,12)13)32(38(14,15)16)24-30(26)36(8,9)10)22-27-28(34(2,3)4)20-21-29(35(5,6)7)33(27)39(17,18)19/h20-21,23-25H,22H2,1-19H3. The van der Waals surface area contributed by atoms with Gasteiger partial charge in [0.05, 0.1) is 0 Å². The number of hydrogen-bond donors (Lipinski definition) is 0. The minimum atomic E-state index is 0.0679. The van der Waals surface area contributed by atoms with Gasteiger partial charge in [0.25, 0.3) is 0 Å². The van der Waals surface area contributed by atoms with Crippen LogP contribution in [0.15, 0.2) is 24.3 Å². The molecule has 39 heavy (non-hydrogen) atoms. The summed E-state index contributed by atoms with van der Waals surface area (Å²) in [6.45, 7) is 45.4. The van der Waals surface area contributed by atoms with E-state index in [-0.39, 0.29) is 32.5 Å². The van der Waals surface area contributed by atoms with Crippen molar-refractivity contribution in [2.75, 3.05) is 0 Å². The molecule has 0 radical (unpaired) electrons. The van der Waals surface area contributed by atoms with Crippen molar-refractivity contribution in [1.82, 2.24) is 0 Å². The van der Waals surface area contributed by atoms with Crippen molar-refractivity contribution in [2.24, 2.45) is 0 Å². The van der Waals surface area contributed by atoms with E-state index >= 15 is 0 Å². The maximum Gasteiger partial charge on any atom is -0.0126 e. The lowest BCUT2D eigenvalue weighted by Gasteiger charge is -2.38. The molecule has 2 aromatic rings. The summed E-state index contributed by atoms with van der Waals surface area (Å²) in [6, 6.07) is 10.1. The maximum absolute atomic E-state index is 2.60. The molecule has 0 aliphatic heterocycles. The average molecular weight is 533 g/mol. The molecule has 2 rings (SSSR count). The van der Waals surface area contributed by atoms with Crippen LogP contribution in [0.2, 0.25) is 0 Å². The second-order valence-electron chi connectivity index (χ2n) is 18.6. The van der Waals surface area contributed by atoms with Crippen LogP contribution in [0.25, 0.3) is 0 Å². The van der Waals surface area contributed by atoms with Crippen molar-refractivity contribution in [1.29, 1.82) is 0 Å². The molecule has 0 aliphatic carbocycles. The smallest absolute Gasteiger partial charge is 0.0126 e. The Balaban J connectivity index is 2.99. The number of rotatable bonds is 3. The van der Waals surface area contributed by atoms with Crippen LogP contribution < -0.4 is 0 Å². The molecule has 0 N–H and O–H groups in total. The summed E-state index contributed by atoms with van der Waals surface area (Å²) in [4.78, 5) is 0. The van der Waals surface area contributed by atoms with Gasteiger partial charge in [-0.2, -0.15) is 0 Å². The lowest BCUT2D eigenvalue weighted by molar-refractivity contribution is 0.505. The van der Waals surface area contributed by atoms with Crippen LogP contribution in [-0.4, -0.2) is 0 Å². The first-order valence-electron chi connectivity index (χ1n) is 15.4. The summed E-state index contributed by atoms with van der Waals surface area (Å²) in [7, 11) is 0. The van der Waals surface area contributed by atoms with Gasteiger partial charge in [-0.25, -0.2) is 0 Å². The molecular formula is C39H64. The first-order chi connectivity index (χ1) is 17.1. The van der Waals surface area contributed by atoms with Gasteiger partial charge >= 0.3 is 0 Å². The topological polar surface area (TPSA) is 0 Å². The molecule has 0 bridgehead atoms. The van der Waals surface area contributed by atoms with Crippen LogP contribution in [0.4, 0.5) is 0 Å². The fourth-order valence-electron chi connectivity index (χ4n) is 6.38. The molecular weight excluding hydrogens is 468 g/mol. The minimum absolute atomic E-state index is 0.0679. The summed E-state index contributed by atoms with van der Waals surface area (Å²) in [5, 5.41) is 0. The summed E-state index contributed by atoms with van der Waals surface area (Å²) < 4.78 is 0. The second kappa shape index (κ2) is 10.4. The van der Waals surface area contributed by atoms with Gasteiger partial charge in [-0.05, 0) is 89.3 Å². The van der Waals surface area contributed by atoms with Gasteiger partial charge in [-0.15, -0.1) is 0 Å². The van der Waals surface area contributed by atoms with Crippen molar-refractivity contribution < 1.29 is 0 Å². The van der Waals surface area contributed by atoms with E-state index in [4.69, 9.17) is 0 Å². The van der Waals surface area contributed by atoms with Crippen LogP contribution in [-0.2, 0) is 38.9 Å². The van der Waals surface area contributed by atoms with Crippen molar-refractivity contribution in [3.05, 3.63) is 68.8 Å². The minimum Gasteiger partial charge on any atom is -0.0581 e. The predicted molar refractivity (Wildman–Crippen MR) is 177 cm³/mol. The van der Waals surface area contributed by atoms with Gasteiger partial charge < -0.3 is 0 Å². The van der Waals surface area contributed by atoms with Gasteiger partial charge in [0.15, 0.2) is 0 Å². The van der Waals surface area contributed by atoms with E-state index in [2.05, 4.69) is 156 Å². The van der Waals surface area contributed by atoms with Gasteiger partial charge in [-0.1, -0.05) is 156 Å². The number of hydrogen-bond acceptors (Lipinski definition) is 0. The molecule has 0 aliphatic rings. The van der Waals surface area contributed by atoms with Crippen molar-refractivity contribution in [3.63, 3.8) is 0 Å². The maximum atomic E-state index is 2.60. The zero-order chi connectivity index (χ0) is 30.7. The molecule has 0 spiro atoms. The Hall–Kier alpha value is -1.56. The Morgan fingerprint density at radius 1 is 0.436 bits per heavy atom. The van der Waals surface area contributed by atoms with E-state index in [1.807, 2.05) is 0 Å². The van der Waals surface area contributed by atoms with E-state index in [0.29, 0.717) is 5.92 Å². The fourth-order valence-corrected chi connectivity index (χ4v) is 6.38. The molecule has 0 aromatic heterocycles. The van der Waals surface area contributed by atoms with Crippen LogP contribution in [0.5, 0.6) is 0 Å². The third-order valence-electron chi connectivity index (χ3n) is 8.33. The summed E-state index contributed by atoms with van der Waals surface area (Å²) in [5.74, 6) is 0.409. The Kier molecular flexibility index (Phi) is 8.94. The third kappa shape index (κ3) is 7.59.